The molecule has 120 valence electrons. The third-order valence-corrected chi connectivity index (χ3v) is 4.05. The van der Waals surface area contributed by atoms with E-state index in [1.165, 1.54) is 0 Å². The van der Waals surface area contributed by atoms with Gasteiger partial charge in [-0.3, -0.25) is 8.98 Å². The normalized spacial score (nSPS) is 22.0. The molecule has 0 amide bonds. The van der Waals surface area contributed by atoms with Gasteiger partial charge in [-0.15, -0.1) is 0 Å². The van der Waals surface area contributed by atoms with Crippen LogP contribution in [0.3, 0.4) is 0 Å². The first-order chi connectivity index (χ1) is 10.4. The van der Waals surface area contributed by atoms with Crippen molar-refractivity contribution in [2.45, 2.75) is 25.9 Å². The lowest BCUT2D eigenvalue weighted by Gasteiger charge is -2.27. The summed E-state index contributed by atoms with van der Waals surface area (Å²) in [5.41, 5.74) is 1.64. The molecular weight excluding hydrogens is 304 g/mol. The molecule has 0 radical (unpaired) electrons. The van der Waals surface area contributed by atoms with Gasteiger partial charge in [0, 0.05) is 0 Å². The summed E-state index contributed by atoms with van der Waals surface area (Å²) in [7, 11) is -3.54. The van der Waals surface area contributed by atoms with Crippen molar-refractivity contribution in [3.63, 3.8) is 0 Å². The van der Waals surface area contributed by atoms with E-state index in [4.69, 9.17) is 8.92 Å². The van der Waals surface area contributed by atoms with E-state index in [2.05, 4.69) is 0 Å². The molecule has 2 atom stereocenters. The SMILES string of the molecule is CCOC(=O)C1CCC(OS(C)(=O)=O)C=C1c1ccccc1. The molecule has 2 unspecified atom stereocenters. The smallest absolute Gasteiger partial charge is 0.313 e. The highest BCUT2D eigenvalue weighted by Crippen LogP contribution is 2.34. The maximum atomic E-state index is 12.2. The van der Waals surface area contributed by atoms with E-state index in [1.807, 2.05) is 30.3 Å². The number of carbonyl (C=O) groups excluding carboxylic acids is 1. The average molecular weight is 324 g/mol. The first-order valence-corrected chi connectivity index (χ1v) is 9.04. The van der Waals surface area contributed by atoms with Gasteiger partial charge in [-0.05, 0) is 37.0 Å². The van der Waals surface area contributed by atoms with Crippen LogP contribution >= 0.6 is 0 Å². The van der Waals surface area contributed by atoms with Crippen molar-refractivity contribution in [2.24, 2.45) is 5.92 Å². The van der Waals surface area contributed by atoms with Gasteiger partial charge in [0.1, 0.15) is 0 Å². The zero-order valence-corrected chi connectivity index (χ0v) is 13.5. The molecule has 0 heterocycles. The van der Waals surface area contributed by atoms with Crippen LogP contribution in [0.2, 0.25) is 0 Å². The second-order valence-electron chi connectivity index (χ2n) is 5.21. The van der Waals surface area contributed by atoms with Crippen molar-refractivity contribution in [1.82, 2.24) is 0 Å². The van der Waals surface area contributed by atoms with Crippen LogP contribution < -0.4 is 0 Å². The van der Waals surface area contributed by atoms with E-state index in [9.17, 15) is 13.2 Å². The predicted molar refractivity (Wildman–Crippen MR) is 83.5 cm³/mol. The van der Waals surface area contributed by atoms with Gasteiger partial charge >= 0.3 is 5.97 Å². The number of hydrogen-bond acceptors (Lipinski definition) is 5. The van der Waals surface area contributed by atoms with Crippen LogP contribution in [0.5, 0.6) is 0 Å². The second-order valence-corrected chi connectivity index (χ2v) is 6.81. The fourth-order valence-corrected chi connectivity index (χ4v) is 3.20. The lowest BCUT2D eigenvalue weighted by molar-refractivity contribution is -0.146. The molecule has 0 saturated heterocycles. The van der Waals surface area contributed by atoms with Crippen LogP contribution in [0.1, 0.15) is 25.3 Å². The minimum absolute atomic E-state index is 0.282. The molecule has 1 aromatic rings. The molecule has 0 aromatic heterocycles. The second kappa shape index (κ2) is 7.07. The van der Waals surface area contributed by atoms with Crippen molar-refractivity contribution in [3.05, 3.63) is 42.0 Å². The van der Waals surface area contributed by atoms with E-state index >= 15 is 0 Å². The molecule has 0 bridgehead atoms. The quantitative estimate of drug-likeness (QED) is 0.614. The highest BCUT2D eigenvalue weighted by molar-refractivity contribution is 7.86. The Morgan fingerprint density at radius 1 is 1.23 bits per heavy atom. The van der Waals surface area contributed by atoms with Gasteiger partial charge in [0.2, 0.25) is 0 Å². The Hall–Kier alpha value is -1.66. The average Bonchev–Trinajstić information content (AvgIpc) is 2.46. The first-order valence-electron chi connectivity index (χ1n) is 7.22. The molecule has 6 heteroatoms. The number of carbonyl (C=O) groups is 1. The summed E-state index contributed by atoms with van der Waals surface area (Å²) < 4.78 is 32.8. The van der Waals surface area contributed by atoms with E-state index in [0.717, 1.165) is 17.4 Å². The van der Waals surface area contributed by atoms with Crippen LogP contribution in [0.15, 0.2) is 36.4 Å². The summed E-state index contributed by atoms with van der Waals surface area (Å²) in [5.74, 6) is -0.669. The highest BCUT2D eigenvalue weighted by atomic mass is 32.2. The summed E-state index contributed by atoms with van der Waals surface area (Å²) in [6.45, 7) is 2.09. The summed E-state index contributed by atoms with van der Waals surface area (Å²) in [5, 5.41) is 0. The van der Waals surface area contributed by atoms with Crippen molar-refractivity contribution < 1.29 is 22.1 Å². The number of hydrogen-bond donors (Lipinski definition) is 0. The molecule has 0 spiro atoms. The maximum Gasteiger partial charge on any atom is 0.313 e. The first kappa shape index (κ1) is 16.7. The van der Waals surface area contributed by atoms with Gasteiger partial charge in [-0.2, -0.15) is 8.42 Å². The van der Waals surface area contributed by atoms with Crippen LogP contribution in [0.25, 0.3) is 5.57 Å². The van der Waals surface area contributed by atoms with E-state index in [0.29, 0.717) is 19.4 Å². The van der Waals surface area contributed by atoms with E-state index in [-0.39, 0.29) is 11.9 Å². The van der Waals surface area contributed by atoms with Crippen molar-refractivity contribution >= 4 is 21.7 Å². The largest absolute Gasteiger partial charge is 0.466 e. The van der Waals surface area contributed by atoms with E-state index in [1.54, 1.807) is 13.0 Å². The third-order valence-electron chi connectivity index (χ3n) is 3.46. The molecular formula is C16H20O5S. The monoisotopic (exact) mass is 324 g/mol. The Morgan fingerprint density at radius 3 is 2.50 bits per heavy atom. The third kappa shape index (κ3) is 4.42. The zero-order chi connectivity index (χ0) is 16.2. The van der Waals surface area contributed by atoms with Crippen LogP contribution in [-0.2, 0) is 23.8 Å². The fourth-order valence-electron chi connectivity index (χ4n) is 2.60. The van der Waals surface area contributed by atoms with Crippen LogP contribution in [0.4, 0.5) is 0 Å². The topological polar surface area (TPSA) is 69.7 Å². The standard InChI is InChI=1S/C16H20O5S/c1-3-20-16(17)14-10-9-13(21-22(2,18)19)11-15(14)12-7-5-4-6-8-12/h4-8,11,13-14H,3,9-10H2,1-2H3. The summed E-state index contributed by atoms with van der Waals surface area (Å²) in [6.07, 6.45) is 3.17. The Morgan fingerprint density at radius 2 is 1.91 bits per heavy atom. The van der Waals surface area contributed by atoms with Crippen LogP contribution in [0, 0.1) is 5.92 Å². The summed E-state index contributed by atoms with van der Waals surface area (Å²) in [6, 6.07) is 9.41. The molecule has 0 saturated carbocycles. The summed E-state index contributed by atoms with van der Waals surface area (Å²) in [4.78, 5) is 12.2. The molecule has 0 fully saturated rings. The molecule has 1 aliphatic rings. The minimum Gasteiger partial charge on any atom is -0.466 e. The molecule has 22 heavy (non-hydrogen) atoms. The number of ether oxygens (including phenoxy) is 1. The molecule has 5 nitrogen and oxygen atoms in total. The van der Waals surface area contributed by atoms with Gasteiger partial charge in [0.05, 0.1) is 24.9 Å². The maximum absolute atomic E-state index is 12.2. The van der Waals surface area contributed by atoms with E-state index < -0.39 is 16.2 Å². The number of benzene rings is 1. The Kier molecular flexibility index (Phi) is 5.37. The van der Waals surface area contributed by atoms with Crippen molar-refractivity contribution in [2.75, 3.05) is 12.9 Å². The van der Waals surface area contributed by atoms with Gasteiger partial charge in [-0.1, -0.05) is 30.3 Å². The number of rotatable bonds is 5. The van der Waals surface area contributed by atoms with Gasteiger partial charge < -0.3 is 4.74 Å². The van der Waals surface area contributed by atoms with Crippen molar-refractivity contribution in [3.8, 4) is 0 Å². The van der Waals surface area contributed by atoms with Gasteiger partial charge in [0.25, 0.3) is 10.1 Å². The Bertz CT molecular complexity index is 648. The number of esters is 1. The lowest BCUT2D eigenvalue weighted by atomic mass is 9.82. The fraction of sp³-hybridized carbons (Fsp3) is 0.438. The summed E-state index contributed by atoms with van der Waals surface area (Å²) >= 11 is 0. The molecule has 2 rings (SSSR count). The Labute approximate surface area is 131 Å². The zero-order valence-electron chi connectivity index (χ0n) is 12.7. The molecule has 1 aliphatic carbocycles. The predicted octanol–water partition coefficient (Wildman–Crippen LogP) is 2.39. The minimum atomic E-state index is -3.54. The lowest BCUT2D eigenvalue weighted by Crippen LogP contribution is -2.27. The van der Waals surface area contributed by atoms with Crippen molar-refractivity contribution in [1.29, 1.82) is 0 Å². The van der Waals surface area contributed by atoms with Crippen LogP contribution in [-0.4, -0.2) is 33.4 Å². The highest BCUT2D eigenvalue weighted by Gasteiger charge is 2.31. The Balaban J connectivity index is 2.34. The molecule has 0 aliphatic heterocycles. The van der Waals surface area contributed by atoms with Gasteiger partial charge in [0.15, 0.2) is 0 Å². The van der Waals surface area contributed by atoms with Gasteiger partial charge in [-0.25, -0.2) is 0 Å². The molecule has 0 N–H and O–H groups in total. The molecule has 1 aromatic carbocycles.